The molecule has 1 aromatic carbocycles. The highest BCUT2D eigenvalue weighted by Crippen LogP contribution is 2.73. The first kappa shape index (κ1) is 16.2. The number of fused-ring (bicyclic) bond motifs is 1. The lowest BCUT2D eigenvalue weighted by Crippen LogP contribution is -2.54. The SMILES string of the molecule is N#Cc1ccccc1-c1cc(CN2CCN(C3=C4CP4C3)C(=O)C2=O)no1. The Morgan fingerprint density at radius 2 is 2.04 bits per heavy atom. The molecule has 0 spiro atoms. The first-order chi connectivity index (χ1) is 13.2. The van der Waals surface area contributed by atoms with Gasteiger partial charge in [0.1, 0.15) is 5.69 Å². The minimum Gasteiger partial charge on any atom is -0.356 e. The molecule has 134 valence electrons. The predicted molar refractivity (Wildman–Crippen MR) is 97.5 cm³/mol. The summed E-state index contributed by atoms with van der Waals surface area (Å²) in [5, 5.41) is 14.6. The smallest absolute Gasteiger partial charge is 0.316 e. The molecule has 2 saturated heterocycles. The third-order valence-electron chi connectivity index (χ3n) is 5.15. The Morgan fingerprint density at radius 3 is 2.78 bits per heavy atom. The van der Waals surface area contributed by atoms with Crippen LogP contribution in [0.2, 0.25) is 0 Å². The van der Waals surface area contributed by atoms with E-state index in [9.17, 15) is 14.9 Å². The van der Waals surface area contributed by atoms with Crippen LogP contribution in [0.3, 0.4) is 0 Å². The van der Waals surface area contributed by atoms with Crippen LogP contribution in [-0.2, 0) is 16.1 Å². The van der Waals surface area contributed by atoms with Gasteiger partial charge in [0.25, 0.3) is 0 Å². The molecule has 3 aliphatic rings. The number of rotatable bonds is 4. The number of hydrogen-bond donors (Lipinski definition) is 0. The van der Waals surface area contributed by atoms with Crippen LogP contribution in [0.15, 0.2) is 45.9 Å². The molecular formula is C19H15N4O3P. The fraction of sp³-hybridized carbons (Fsp3) is 0.263. The monoisotopic (exact) mass is 378 g/mol. The molecule has 8 heteroatoms. The first-order valence-electron chi connectivity index (χ1n) is 8.68. The van der Waals surface area contributed by atoms with E-state index in [4.69, 9.17) is 4.52 Å². The number of piperazine rings is 1. The molecule has 4 heterocycles. The van der Waals surface area contributed by atoms with Crippen LogP contribution in [-0.4, -0.2) is 52.2 Å². The zero-order valence-corrected chi connectivity index (χ0v) is 15.3. The van der Waals surface area contributed by atoms with Gasteiger partial charge in [-0.15, -0.1) is 0 Å². The number of nitriles is 1. The Balaban J connectivity index is 1.31. The lowest BCUT2D eigenvalue weighted by Gasteiger charge is -2.36. The number of aromatic nitrogens is 1. The summed E-state index contributed by atoms with van der Waals surface area (Å²) in [6.45, 7) is 1.24. The molecule has 0 saturated carbocycles. The summed E-state index contributed by atoms with van der Waals surface area (Å²) < 4.78 is 5.36. The minimum absolute atomic E-state index is 0.0925. The molecule has 2 amide bonds. The van der Waals surface area contributed by atoms with Crippen molar-refractivity contribution in [1.82, 2.24) is 15.0 Å². The summed E-state index contributed by atoms with van der Waals surface area (Å²) >= 11 is 0. The second kappa shape index (κ2) is 6.04. The second-order valence-corrected chi connectivity index (χ2v) is 9.02. The Bertz CT molecular complexity index is 1050. The number of nitrogens with zero attached hydrogens (tertiary/aromatic N) is 4. The summed E-state index contributed by atoms with van der Waals surface area (Å²) in [5.74, 6) is -0.458. The van der Waals surface area contributed by atoms with Crippen molar-refractivity contribution in [3.8, 4) is 17.4 Å². The van der Waals surface area contributed by atoms with E-state index in [1.165, 1.54) is 10.2 Å². The fourth-order valence-electron chi connectivity index (χ4n) is 3.58. The van der Waals surface area contributed by atoms with E-state index in [0.29, 0.717) is 35.7 Å². The van der Waals surface area contributed by atoms with Crippen molar-refractivity contribution < 1.29 is 14.1 Å². The maximum atomic E-state index is 12.5. The average molecular weight is 378 g/mol. The maximum Gasteiger partial charge on any atom is 0.316 e. The Labute approximate surface area is 156 Å². The van der Waals surface area contributed by atoms with Crippen molar-refractivity contribution >= 4 is 19.7 Å². The van der Waals surface area contributed by atoms with E-state index in [-0.39, 0.29) is 14.5 Å². The number of allylic oxidation sites excluding steroid dienone is 2. The van der Waals surface area contributed by atoms with E-state index in [2.05, 4.69) is 11.2 Å². The predicted octanol–water partition coefficient (Wildman–Crippen LogP) is 2.10. The molecule has 0 aliphatic carbocycles. The van der Waals surface area contributed by atoms with Crippen LogP contribution >= 0.6 is 7.92 Å². The lowest BCUT2D eigenvalue weighted by molar-refractivity contribution is -0.155. The molecule has 7 nitrogen and oxygen atoms in total. The highest BCUT2D eigenvalue weighted by atomic mass is 31.1. The quantitative estimate of drug-likeness (QED) is 0.600. The zero-order valence-electron chi connectivity index (χ0n) is 14.4. The van der Waals surface area contributed by atoms with Crippen molar-refractivity contribution in [2.24, 2.45) is 0 Å². The number of amides is 2. The molecular weight excluding hydrogens is 363 g/mol. The normalized spacial score (nSPS) is 21.1. The molecule has 1 atom stereocenters. The van der Waals surface area contributed by atoms with Crippen molar-refractivity contribution in [1.29, 1.82) is 5.26 Å². The summed E-state index contributed by atoms with van der Waals surface area (Å²) in [6.07, 6.45) is 2.15. The largest absolute Gasteiger partial charge is 0.356 e. The molecule has 2 aromatic rings. The van der Waals surface area contributed by atoms with E-state index < -0.39 is 11.8 Å². The van der Waals surface area contributed by atoms with Crippen LogP contribution in [0, 0.1) is 11.3 Å². The molecule has 27 heavy (non-hydrogen) atoms. The highest BCUT2D eigenvalue weighted by molar-refractivity contribution is 7.73. The molecule has 1 unspecified atom stereocenters. The third-order valence-corrected chi connectivity index (χ3v) is 7.33. The number of benzene rings is 1. The van der Waals surface area contributed by atoms with Gasteiger partial charge in [0.2, 0.25) is 0 Å². The van der Waals surface area contributed by atoms with Gasteiger partial charge < -0.3 is 14.3 Å². The second-order valence-electron chi connectivity index (χ2n) is 6.77. The van der Waals surface area contributed by atoms with E-state index in [1.807, 2.05) is 6.07 Å². The molecule has 5 rings (SSSR count). The summed E-state index contributed by atoms with van der Waals surface area (Å²) in [4.78, 5) is 28.1. The topological polar surface area (TPSA) is 90.4 Å². The minimum atomic E-state index is -0.492. The fourth-order valence-corrected chi connectivity index (χ4v) is 5.67. The van der Waals surface area contributed by atoms with Crippen molar-refractivity contribution in [2.45, 2.75) is 6.54 Å². The van der Waals surface area contributed by atoms with E-state index in [1.54, 1.807) is 29.2 Å². The van der Waals surface area contributed by atoms with Gasteiger partial charge in [-0.2, -0.15) is 5.26 Å². The van der Waals surface area contributed by atoms with Gasteiger partial charge in [0, 0.05) is 36.6 Å². The van der Waals surface area contributed by atoms with Crippen molar-refractivity contribution in [3.63, 3.8) is 0 Å². The third kappa shape index (κ3) is 2.65. The molecule has 0 N–H and O–H groups in total. The molecule has 0 radical (unpaired) electrons. The van der Waals surface area contributed by atoms with Gasteiger partial charge in [-0.05, 0) is 23.6 Å². The van der Waals surface area contributed by atoms with Gasteiger partial charge in [0.15, 0.2) is 5.76 Å². The number of carbonyl (C=O) groups excluding carboxylic acids is 2. The van der Waals surface area contributed by atoms with Gasteiger partial charge in [0.05, 0.1) is 18.2 Å². The molecule has 1 aromatic heterocycles. The van der Waals surface area contributed by atoms with E-state index in [0.717, 1.165) is 18.0 Å². The van der Waals surface area contributed by atoms with Crippen LogP contribution in [0.5, 0.6) is 0 Å². The number of carbonyl (C=O) groups is 2. The zero-order chi connectivity index (χ0) is 18.5. The molecule has 3 aliphatic heterocycles. The number of hydrogen-bond acceptors (Lipinski definition) is 5. The standard InChI is InChI=1S/C19H15N4O3P/c20-8-12-3-1-2-4-14(12)16-7-13(21-26-16)9-22-5-6-23(19(25)18(22)24)15-10-27-11-17(15)27/h1-4,7H,5-6,9-11H2. The van der Waals surface area contributed by atoms with Crippen LogP contribution in [0.4, 0.5) is 0 Å². The van der Waals surface area contributed by atoms with Gasteiger partial charge in [-0.25, -0.2) is 0 Å². The Morgan fingerprint density at radius 1 is 1.19 bits per heavy atom. The van der Waals surface area contributed by atoms with Crippen molar-refractivity contribution in [3.05, 3.63) is 52.6 Å². The Kier molecular flexibility index (Phi) is 3.63. The first-order valence-corrected chi connectivity index (χ1v) is 10.4. The van der Waals surface area contributed by atoms with Crippen LogP contribution in [0.1, 0.15) is 11.3 Å². The maximum absolute atomic E-state index is 12.5. The van der Waals surface area contributed by atoms with Crippen LogP contribution < -0.4 is 0 Å². The Hall–Kier alpha value is -2.97. The van der Waals surface area contributed by atoms with Gasteiger partial charge in [-0.1, -0.05) is 25.2 Å². The highest BCUT2D eigenvalue weighted by Gasteiger charge is 2.47. The average Bonchev–Trinajstić information content (AvgIpc) is 3.10. The summed E-state index contributed by atoms with van der Waals surface area (Å²) in [6, 6.07) is 10.9. The van der Waals surface area contributed by atoms with Gasteiger partial charge in [-0.3, -0.25) is 9.59 Å². The molecule has 0 bridgehead atoms. The van der Waals surface area contributed by atoms with E-state index >= 15 is 0 Å². The summed E-state index contributed by atoms with van der Waals surface area (Å²) in [7, 11) is 0.0925. The lowest BCUT2D eigenvalue weighted by atomic mass is 10.1. The van der Waals surface area contributed by atoms with Gasteiger partial charge >= 0.3 is 11.8 Å². The van der Waals surface area contributed by atoms with Crippen LogP contribution in [0.25, 0.3) is 11.3 Å². The summed E-state index contributed by atoms with van der Waals surface area (Å²) in [5.41, 5.74) is 2.81. The van der Waals surface area contributed by atoms with Crippen molar-refractivity contribution in [2.75, 3.05) is 25.4 Å². The molecule has 2 fully saturated rings.